The van der Waals surface area contributed by atoms with Crippen LogP contribution in [0.1, 0.15) is 31.7 Å². The zero-order valence-corrected chi connectivity index (χ0v) is 16.0. The molecule has 1 fully saturated rings. The third kappa shape index (κ3) is 7.75. The van der Waals surface area contributed by atoms with E-state index in [4.69, 9.17) is 0 Å². The maximum Gasteiger partial charge on any atom is 0.411 e. The Morgan fingerprint density at radius 2 is 2.00 bits per heavy atom. The van der Waals surface area contributed by atoms with E-state index in [1.165, 1.54) is 0 Å². The SMILES string of the molecule is CCNC(=NCc1ccc(N2CCCC2=O)cc1)NCCCOCC(F)(F)F. The first kappa shape index (κ1) is 22.0. The van der Waals surface area contributed by atoms with Crippen molar-refractivity contribution in [2.24, 2.45) is 4.99 Å². The molecule has 1 aromatic rings. The standard InChI is InChI=1S/C19H27F3N4O2/c1-2-23-18(24-10-4-12-28-14-19(20,21)22)25-13-15-6-8-16(9-7-15)26-11-3-5-17(26)27/h6-9H,2-5,10-14H2,1H3,(H2,23,24,25). The van der Waals surface area contributed by atoms with Gasteiger partial charge in [-0.05, 0) is 37.5 Å². The van der Waals surface area contributed by atoms with Crippen LogP contribution < -0.4 is 15.5 Å². The van der Waals surface area contributed by atoms with Crippen molar-refractivity contribution in [2.75, 3.05) is 37.7 Å². The highest BCUT2D eigenvalue weighted by Gasteiger charge is 2.27. The number of alkyl halides is 3. The molecule has 1 aliphatic heterocycles. The summed E-state index contributed by atoms with van der Waals surface area (Å²) in [5, 5.41) is 6.17. The van der Waals surface area contributed by atoms with Gasteiger partial charge in [0.15, 0.2) is 5.96 Å². The Hall–Kier alpha value is -2.29. The molecular weight excluding hydrogens is 373 g/mol. The number of hydrogen-bond acceptors (Lipinski definition) is 3. The van der Waals surface area contributed by atoms with E-state index in [1.807, 2.05) is 31.2 Å². The lowest BCUT2D eigenvalue weighted by atomic mass is 10.2. The Balaban J connectivity index is 1.77. The third-order valence-electron chi connectivity index (χ3n) is 4.11. The summed E-state index contributed by atoms with van der Waals surface area (Å²) in [5.74, 6) is 0.751. The molecule has 2 N–H and O–H groups in total. The number of rotatable bonds is 9. The van der Waals surface area contributed by atoms with E-state index < -0.39 is 12.8 Å². The van der Waals surface area contributed by atoms with E-state index in [9.17, 15) is 18.0 Å². The van der Waals surface area contributed by atoms with Crippen LogP contribution in [-0.4, -0.2) is 50.9 Å². The minimum absolute atomic E-state index is 0.0304. The Morgan fingerprint density at radius 3 is 2.61 bits per heavy atom. The van der Waals surface area contributed by atoms with Gasteiger partial charge in [-0.1, -0.05) is 12.1 Å². The molecule has 9 heteroatoms. The lowest BCUT2D eigenvalue weighted by Crippen LogP contribution is -2.38. The highest BCUT2D eigenvalue weighted by Crippen LogP contribution is 2.21. The number of nitrogens with one attached hydrogen (secondary N) is 2. The average molecular weight is 400 g/mol. The van der Waals surface area contributed by atoms with Gasteiger partial charge < -0.3 is 20.3 Å². The molecule has 0 spiro atoms. The van der Waals surface area contributed by atoms with Crippen LogP contribution in [-0.2, 0) is 16.1 Å². The second-order valence-electron chi connectivity index (χ2n) is 6.46. The van der Waals surface area contributed by atoms with E-state index in [-0.39, 0.29) is 12.5 Å². The fourth-order valence-electron chi connectivity index (χ4n) is 2.78. The highest BCUT2D eigenvalue weighted by atomic mass is 19.4. The molecule has 0 radical (unpaired) electrons. The molecule has 1 aliphatic rings. The summed E-state index contributed by atoms with van der Waals surface area (Å²) in [6.45, 7) is 3.09. The molecule has 0 saturated carbocycles. The molecule has 6 nitrogen and oxygen atoms in total. The first-order valence-corrected chi connectivity index (χ1v) is 9.45. The molecule has 28 heavy (non-hydrogen) atoms. The van der Waals surface area contributed by atoms with E-state index >= 15 is 0 Å². The van der Waals surface area contributed by atoms with Gasteiger partial charge in [0.2, 0.25) is 5.91 Å². The molecule has 0 aliphatic carbocycles. The quantitative estimate of drug-likeness (QED) is 0.380. The highest BCUT2D eigenvalue weighted by molar-refractivity contribution is 5.95. The number of benzene rings is 1. The van der Waals surface area contributed by atoms with Gasteiger partial charge in [-0.3, -0.25) is 4.79 Å². The molecule has 0 aromatic heterocycles. The van der Waals surface area contributed by atoms with Crippen LogP contribution >= 0.6 is 0 Å². The van der Waals surface area contributed by atoms with Crippen LogP contribution in [0.2, 0.25) is 0 Å². The summed E-state index contributed by atoms with van der Waals surface area (Å²) >= 11 is 0. The van der Waals surface area contributed by atoms with Crippen LogP contribution in [0.5, 0.6) is 0 Å². The maximum absolute atomic E-state index is 12.0. The maximum atomic E-state index is 12.0. The molecular formula is C19H27F3N4O2. The molecule has 0 atom stereocenters. The number of hydrogen-bond donors (Lipinski definition) is 2. The average Bonchev–Trinajstić information content (AvgIpc) is 3.08. The molecule has 0 unspecified atom stereocenters. The summed E-state index contributed by atoms with van der Waals surface area (Å²) in [6.07, 6.45) is -2.35. The summed E-state index contributed by atoms with van der Waals surface area (Å²) in [4.78, 5) is 18.1. The van der Waals surface area contributed by atoms with Crippen molar-refractivity contribution in [1.82, 2.24) is 10.6 Å². The number of amides is 1. The van der Waals surface area contributed by atoms with Crippen molar-refractivity contribution in [3.63, 3.8) is 0 Å². The largest absolute Gasteiger partial charge is 0.411 e. The van der Waals surface area contributed by atoms with Crippen LogP contribution in [0, 0.1) is 0 Å². The Labute approximate surface area is 163 Å². The van der Waals surface area contributed by atoms with Gasteiger partial charge in [0.25, 0.3) is 0 Å². The number of guanidine groups is 1. The number of carbonyl (C=O) groups is 1. The summed E-state index contributed by atoms with van der Waals surface area (Å²) in [7, 11) is 0. The third-order valence-corrected chi connectivity index (χ3v) is 4.11. The summed E-state index contributed by atoms with van der Waals surface area (Å²) < 4.78 is 40.6. The van der Waals surface area contributed by atoms with Crippen LogP contribution in [0.25, 0.3) is 0 Å². The number of nitrogens with zero attached hydrogens (tertiary/aromatic N) is 2. The van der Waals surface area contributed by atoms with Gasteiger partial charge in [0, 0.05) is 38.3 Å². The van der Waals surface area contributed by atoms with Crippen molar-refractivity contribution in [3.8, 4) is 0 Å². The molecule has 1 saturated heterocycles. The van der Waals surface area contributed by atoms with Gasteiger partial charge >= 0.3 is 6.18 Å². The van der Waals surface area contributed by atoms with Gasteiger partial charge in [-0.25, -0.2) is 4.99 Å². The van der Waals surface area contributed by atoms with E-state index in [0.717, 1.165) is 24.2 Å². The van der Waals surface area contributed by atoms with Crippen molar-refractivity contribution in [1.29, 1.82) is 0 Å². The normalized spacial score (nSPS) is 15.2. The predicted octanol–water partition coefficient (Wildman–Crippen LogP) is 2.84. The van der Waals surface area contributed by atoms with E-state index in [0.29, 0.717) is 38.4 Å². The van der Waals surface area contributed by atoms with Gasteiger partial charge in [0.05, 0.1) is 6.54 Å². The van der Waals surface area contributed by atoms with Crippen LogP contribution in [0.15, 0.2) is 29.3 Å². The van der Waals surface area contributed by atoms with Gasteiger partial charge in [-0.2, -0.15) is 13.2 Å². The molecule has 1 aromatic carbocycles. The summed E-state index contributed by atoms with van der Waals surface area (Å²) in [6, 6.07) is 7.73. The lowest BCUT2D eigenvalue weighted by molar-refractivity contribution is -0.173. The molecule has 156 valence electrons. The number of halogens is 3. The molecule has 2 rings (SSSR count). The van der Waals surface area contributed by atoms with E-state index in [2.05, 4.69) is 20.4 Å². The van der Waals surface area contributed by atoms with Crippen LogP contribution in [0.3, 0.4) is 0 Å². The second kappa shape index (κ2) is 10.9. The number of anilines is 1. The predicted molar refractivity (Wildman–Crippen MR) is 102 cm³/mol. The Morgan fingerprint density at radius 1 is 1.25 bits per heavy atom. The zero-order valence-electron chi connectivity index (χ0n) is 16.0. The minimum atomic E-state index is -4.29. The zero-order chi connectivity index (χ0) is 20.4. The van der Waals surface area contributed by atoms with Crippen LogP contribution in [0.4, 0.5) is 18.9 Å². The molecule has 1 amide bonds. The van der Waals surface area contributed by atoms with Gasteiger partial charge in [0.1, 0.15) is 6.61 Å². The minimum Gasteiger partial charge on any atom is -0.372 e. The number of carbonyl (C=O) groups excluding carboxylic acids is 1. The molecule has 0 bridgehead atoms. The Bertz CT molecular complexity index is 648. The van der Waals surface area contributed by atoms with Crippen molar-refractivity contribution in [2.45, 2.75) is 38.9 Å². The topological polar surface area (TPSA) is 66.0 Å². The monoisotopic (exact) mass is 400 g/mol. The summed E-state index contributed by atoms with van der Waals surface area (Å²) in [5.41, 5.74) is 1.90. The van der Waals surface area contributed by atoms with Crippen molar-refractivity contribution >= 4 is 17.6 Å². The smallest absolute Gasteiger partial charge is 0.372 e. The second-order valence-corrected chi connectivity index (χ2v) is 6.46. The fraction of sp³-hybridized carbons (Fsp3) is 0.579. The number of aliphatic imine (C=N–C) groups is 1. The molecule has 1 heterocycles. The first-order chi connectivity index (χ1) is 13.4. The van der Waals surface area contributed by atoms with Crippen molar-refractivity contribution < 1.29 is 22.7 Å². The van der Waals surface area contributed by atoms with E-state index in [1.54, 1.807) is 4.90 Å². The first-order valence-electron chi connectivity index (χ1n) is 9.45. The fourth-order valence-corrected chi connectivity index (χ4v) is 2.78. The number of ether oxygens (including phenoxy) is 1. The lowest BCUT2D eigenvalue weighted by Gasteiger charge is -2.16. The van der Waals surface area contributed by atoms with Crippen molar-refractivity contribution in [3.05, 3.63) is 29.8 Å². The van der Waals surface area contributed by atoms with Gasteiger partial charge in [-0.15, -0.1) is 0 Å². The Kier molecular flexibility index (Phi) is 8.56.